The van der Waals surface area contributed by atoms with E-state index in [1.165, 1.54) is 17.0 Å². The number of nitrogens with one attached hydrogen (secondary N) is 1. The van der Waals surface area contributed by atoms with Crippen molar-refractivity contribution >= 4 is 43.5 Å². The monoisotopic (exact) mass is 629 g/mol. The molecule has 2 amide bonds. The molecule has 0 unspecified atom stereocenters. The molecule has 3 rings (SSSR count). The highest BCUT2D eigenvalue weighted by Crippen LogP contribution is 2.26. The molecule has 3 aromatic carbocycles. The maximum absolute atomic E-state index is 14.0. The summed E-state index contributed by atoms with van der Waals surface area (Å²) in [6.07, 6.45) is 2.11. The van der Waals surface area contributed by atoms with E-state index in [1.807, 2.05) is 26.0 Å². The molecule has 3 aromatic rings. The lowest BCUT2D eigenvalue weighted by Crippen LogP contribution is -2.52. The van der Waals surface area contributed by atoms with E-state index in [9.17, 15) is 18.0 Å². The van der Waals surface area contributed by atoms with Gasteiger partial charge in [-0.3, -0.25) is 13.9 Å². The lowest BCUT2D eigenvalue weighted by atomic mass is 10.1. The Morgan fingerprint density at radius 2 is 1.60 bits per heavy atom. The molecule has 0 fully saturated rings. The third kappa shape index (κ3) is 8.08. The van der Waals surface area contributed by atoms with Crippen LogP contribution in [0, 0.1) is 0 Å². The molecule has 0 spiro atoms. The summed E-state index contributed by atoms with van der Waals surface area (Å²) in [4.78, 5) is 28.8. The van der Waals surface area contributed by atoms with Crippen molar-refractivity contribution in [3.05, 3.63) is 88.9 Å². The number of hydrogen-bond donors (Lipinski definition) is 1. The lowest BCUT2D eigenvalue weighted by Gasteiger charge is -2.33. The van der Waals surface area contributed by atoms with Gasteiger partial charge in [-0.1, -0.05) is 66.5 Å². The maximum atomic E-state index is 14.0. The Morgan fingerprint density at radius 3 is 2.17 bits per heavy atom. The molecule has 0 aliphatic heterocycles. The Kier molecular flexibility index (Phi) is 11.6. The Labute approximate surface area is 245 Å². The summed E-state index contributed by atoms with van der Waals surface area (Å²) in [6, 6.07) is 21.2. The third-order valence-electron chi connectivity index (χ3n) is 6.45. The molecule has 10 heteroatoms. The molecule has 0 aliphatic carbocycles. The summed E-state index contributed by atoms with van der Waals surface area (Å²) in [6.45, 7) is 4.03. The zero-order valence-electron chi connectivity index (χ0n) is 23.0. The minimum Gasteiger partial charge on any atom is -0.497 e. The molecular formula is C30H36BrN3O5S. The van der Waals surface area contributed by atoms with Gasteiger partial charge in [0.15, 0.2) is 0 Å². The summed E-state index contributed by atoms with van der Waals surface area (Å²) in [5.74, 6) is -0.0870. The Balaban J connectivity index is 2.01. The van der Waals surface area contributed by atoms with Gasteiger partial charge in [0, 0.05) is 17.6 Å². The van der Waals surface area contributed by atoms with Crippen molar-refractivity contribution in [3.63, 3.8) is 0 Å². The topological polar surface area (TPSA) is 96.0 Å². The minimum absolute atomic E-state index is 0.0665. The van der Waals surface area contributed by atoms with Gasteiger partial charge in [0.05, 0.1) is 17.7 Å². The van der Waals surface area contributed by atoms with Crippen LogP contribution >= 0.6 is 15.9 Å². The van der Waals surface area contributed by atoms with Crippen LogP contribution in [0.4, 0.5) is 5.69 Å². The molecule has 0 heterocycles. The maximum Gasteiger partial charge on any atom is 0.264 e. The van der Waals surface area contributed by atoms with E-state index in [0.717, 1.165) is 27.2 Å². The number of halogens is 1. The van der Waals surface area contributed by atoms with Crippen LogP contribution in [0.1, 0.15) is 38.7 Å². The highest BCUT2D eigenvalue weighted by atomic mass is 79.9. The van der Waals surface area contributed by atoms with Crippen molar-refractivity contribution < 1.29 is 22.7 Å². The van der Waals surface area contributed by atoms with E-state index >= 15 is 0 Å². The molecule has 8 nitrogen and oxygen atoms in total. The Morgan fingerprint density at radius 1 is 0.950 bits per heavy atom. The number of unbranched alkanes of at least 4 members (excludes halogenated alkanes) is 1. The average Bonchev–Trinajstić information content (AvgIpc) is 2.97. The van der Waals surface area contributed by atoms with Crippen LogP contribution in [-0.4, -0.2) is 51.4 Å². The third-order valence-corrected chi connectivity index (χ3v) is 8.77. The van der Waals surface area contributed by atoms with E-state index in [-0.39, 0.29) is 17.3 Å². The predicted molar refractivity (Wildman–Crippen MR) is 161 cm³/mol. The van der Waals surface area contributed by atoms with E-state index in [2.05, 4.69) is 21.2 Å². The van der Waals surface area contributed by atoms with E-state index in [0.29, 0.717) is 24.4 Å². The van der Waals surface area contributed by atoms with Crippen LogP contribution in [0.2, 0.25) is 0 Å². The zero-order chi connectivity index (χ0) is 29.1. The predicted octanol–water partition coefficient (Wildman–Crippen LogP) is 5.38. The van der Waals surface area contributed by atoms with Gasteiger partial charge in [-0.25, -0.2) is 8.42 Å². The largest absolute Gasteiger partial charge is 0.497 e. The molecule has 214 valence electrons. The second-order valence-electron chi connectivity index (χ2n) is 9.24. The van der Waals surface area contributed by atoms with Crippen LogP contribution in [0.15, 0.2) is 88.2 Å². The number of hydrogen-bond acceptors (Lipinski definition) is 5. The number of amides is 2. The molecule has 1 atom stereocenters. The molecule has 0 saturated heterocycles. The summed E-state index contributed by atoms with van der Waals surface area (Å²) in [5.41, 5.74) is 1.13. The van der Waals surface area contributed by atoms with Crippen molar-refractivity contribution in [1.82, 2.24) is 10.2 Å². The SMILES string of the molecule is CCCCNC(=O)[C@H](CC)N(Cc1ccc(OC)cc1)C(=O)CN(c1ccc(Br)cc1)S(=O)(=O)c1ccccc1. The normalized spacial score (nSPS) is 11.9. The van der Waals surface area contributed by atoms with Crippen molar-refractivity contribution in [2.24, 2.45) is 0 Å². The first-order valence-electron chi connectivity index (χ1n) is 13.2. The number of benzene rings is 3. The molecule has 0 radical (unpaired) electrons. The van der Waals surface area contributed by atoms with Crippen LogP contribution < -0.4 is 14.4 Å². The summed E-state index contributed by atoms with van der Waals surface area (Å²) >= 11 is 3.38. The van der Waals surface area contributed by atoms with Crippen molar-refractivity contribution in [2.75, 3.05) is 24.5 Å². The van der Waals surface area contributed by atoms with Gasteiger partial charge in [-0.05, 0) is 66.9 Å². The number of nitrogens with zero attached hydrogens (tertiary/aromatic N) is 2. The number of ether oxygens (including phenoxy) is 1. The lowest BCUT2D eigenvalue weighted by molar-refractivity contribution is -0.140. The molecule has 0 saturated carbocycles. The average molecular weight is 631 g/mol. The number of carbonyl (C=O) groups excluding carboxylic acids is 2. The van der Waals surface area contributed by atoms with Gasteiger partial charge in [0.25, 0.3) is 10.0 Å². The van der Waals surface area contributed by atoms with Crippen molar-refractivity contribution in [1.29, 1.82) is 0 Å². The van der Waals surface area contributed by atoms with Crippen LogP contribution in [0.3, 0.4) is 0 Å². The first-order valence-corrected chi connectivity index (χ1v) is 15.5. The molecule has 1 N–H and O–H groups in total. The van der Waals surface area contributed by atoms with Crippen LogP contribution in [0.5, 0.6) is 5.75 Å². The second kappa shape index (κ2) is 14.9. The quantitative estimate of drug-likeness (QED) is 0.242. The molecular weight excluding hydrogens is 594 g/mol. The van der Waals surface area contributed by atoms with Gasteiger partial charge in [-0.2, -0.15) is 0 Å². The van der Waals surface area contributed by atoms with E-state index in [4.69, 9.17) is 4.74 Å². The molecule has 0 aromatic heterocycles. The fraction of sp³-hybridized carbons (Fsp3) is 0.333. The number of rotatable bonds is 14. The van der Waals surface area contributed by atoms with Crippen LogP contribution in [-0.2, 0) is 26.2 Å². The highest BCUT2D eigenvalue weighted by molar-refractivity contribution is 9.10. The number of methoxy groups -OCH3 is 1. The molecule has 40 heavy (non-hydrogen) atoms. The van der Waals surface area contributed by atoms with Gasteiger partial charge < -0.3 is 15.0 Å². The smallest absolute Gasteiger partial charge is 0.264 e. The van der Waals surface area contributed by atoms with E-state index < -0.39 is 28.5 Å². The fourth-order valence-electron chi connectivity index (χ4n) is 4.21. The summed E-state index contributed by atoms with van der Waals surface area (Å²) < 4.78 is 34.7. The minimum atomic E-state index is -4.09. The number of carbonyl (C=O) groups is 2. The van der Waals surface area contributed by atoms with Crippen LogP contribution in [0.25, 0.3) is 0 Å². The first kappa shape index (κ1) is 31.2. The fourth-order valence-corrected chi connectivity index (χ4v) is 5.91. The van der Waals surface area contributed by atoms with Gasteiger partial charge in [-0.15, -0.1) is 0 Å². The van der Waals surface area contributed by atoms with Gasteiger partial charge in [0.1, 0.15) is 18.3 Å². The second-order valence-corrected chi connectivity index (χ2v) is 12.0. The Bertz CT molecular complexity index is 1350. The number of anilines is 1. The highest BCUT2D eigenvalue weighted by Gasteiger charge is 2.33. The first-order chi connectivity index (χ1) is 19.2. The summed E-state index contributed by atoms with van der Waals surface area (Å²) in [7, 11) is -2.52. The van der Waals surface area contributed by atoms with Crippen molar-refractivity contribution in [2.45, 2.75) is 50.6 Å². The van der Waals surface area contributed by atoms with Crippen molar-refractivity contribution in [3.8, 4) is 5.75 Å². The van der Waals surface area contributed by atoms with Gasteiger partial charge in [0.2, 0.25) is 11.8 Å². The van der Waals surface area contributed by atoms with E-state index in [1.54, 1.807) is 61.7 Å². The molecule has 0 aliphatic rings. The standard InChI is InChI=1S/C30H36BrN3O5S/c1-4-6-20-32-30(36)28(5-2)33(21-23-12-18-26(39-3)19-13-23)29(35)22-34(25-16-14-24(31)15-17-25)40(37,38)27-10-8-7-9-11-27/h7-19,28H,4-6,20-22H2,1-3H3,(H,32,36)/t28-/m0/s1. The van der Waals surface area contributed by atoms with Gasteiger partial charge >= 0.3 is 0 Å². The molecule has 0 bridgehead atoms. The zero-order valence-corrected chi connectivity index (χ0v) is 25.4. The number of sulfonamides is 1. The summed E-state index contributed by atoms with van der Waals surface area (Å²) in [5, 5.41) is 2.93. The Hall–Kier alpha value is -3.37.